The van der Waals surface area contributed by atoms with Crippen molar-refractivity contribution in [2.24, 2.45) is 0 Å². The van der Waals surface area contributed by atoms with Crippen LogP contribution >= 0.6 is 0 Å². The maximum Gasteiger partial charge on any atom is 0.529 e. The van der Waals surface area contributed by atoms with Gasteiger partial charge in [-0.2, -0.15) is 0 Å². The predicted octanol–water partition coefficient (Wildman–Crippen LogP) is 0.850. The molecule has 3 nitrogen and oxygen atoms in total. The third kappa shape index (κ3) is 2.31. The molecule has 0 amide bonds. The van der Waals surface area contributed by atoms with Crippen LogP contribution in [-0.4, -0.2) is 25.0 Å². The zero-order valence-corrected chi connectivity index (χ0v) is 7.16. The average Bonchev–Trinajstić information content (AvgIpc) is 1.83. The Morgan fingerprint density at radius 2 is 2.27 bits per heavy atom. The molecule has 0 spiro atoms. The molecule has 0 saturated carbocycles. The summed E-state index contributed by atoms with van der Waals surface area (Å²) in [7, 11) is -0.672. The van der Waals surface area contributed by atoms with Gasteiger partial charge in [-0.05, 0) is 27.2 Å². The van der Waals surface area contributed by atoms with Crippen LogP contribution in [0.1, 0.15) is 27.2 Å². The first kappa shape index (κ1) is 8.75. The molecule has 1 heterocycles. The highest BCUT2D eigenvalue weighted by Gasteiger charge is 2.36. The first-order valence-corrected chi connectivity index (χ1v) is 3.82. The van der Waals surface area contributed by atoms with Crippen molar-refractivity contribution in [3.8, 4) is 0 Å². The lowest BCUT2D eigenvalue weighted by Crippen LogP contribution is -2.46. The van der Waals surface area contributed by atoms with Gasteiger partial charge in [-0.25, -0.2) is 0 Å². The van der Waals surface area contributed by atoms with Crippen LogP contribution in [-0.2, 0) is 14.1 Å². The summed E-state index contributed by atoms with van der Waals surface area (Å²) in [5, 5.41) is 0. The van der Waals surface area contributed by atoms with Crippen molar-refractivity contribution in [2.45, 2.75) is 38.9 Å². The second-order valence-corrected chi connectivity index (χ2v) is 3.53. The van der Waals surface area contributed by atoms with Gasteiger partial charge in [0.25, 0.3) is 0 Å². The molecule has 62 valence electrons. The van der Waals surface area contributed by atoms with Gasteiger partial charge in [-0.15, -0.1) is 0 Å². The lowest BCUT2D eigenvalue weighted by Gasteiger charge is -2.36. The normalized spacial score (nSPS) is 30.1. The average molecular weight is 156 g/mol. The zero-order chi connectivity index (χ0) is 8.48. The Kier molecular flexibility index (Phi) is 2.35. The molecule has 1 aliphatic rings. The first-order chi connectivity index (χ1) is 5.03. The van der Waals surface area contributed by atoms with E-state index in [2.05, 4.69) is 0 Å². The Labute approximate surface area is 67.2 Å². The van der Waals surface area contributed by atoms with Crippen LogP contribution in [0, 0.1) is 0 Å². The first-order valence-electron chi connectivity index (χ1n) is 3.82. The standard InChI is InChI=1S/C7H13BO3/c1-6-4-7(2,3)11-8(5-9)10-6/h5-6H,4H2,1-3H3. The molecule has 11 heavy (non-hydrogen) atoms. The van der Waals surface area contributed by atoms with Crippen molar-refractivity contribution in [3.05, 3.63) is 0 Å². The number of rotatable bonds is 1. The quantitative estimate of drug-likeness (QED) is 0.417. The highest BCUT2D eigenvalue weighted by atomic mass is 16.6. The molecule has 0 N–H and O–H groups in total. The van der Waals surface area contributed by atoms with Gasteiger partial charge in [0.15, 0.2) is 6.19 Å². The Morgan fingerprint density at radius 1 is 1.64 bits per heavy atom. The molecule has 0 aromatic heterocycles. The van der Waals surface area contributed by atoms with Gasteiger partial charge in [0.2, 0.25) is 0 Å². The summed E-state index contributed by atoms with van der Waals surface area (Å²) in [4.78, 5) is 10.3. The van der Waals surface area contributed by atoms with Crippen LogP contribution in [0.5, 0.6) is 0 Å². The SMILES string of the molecule is CC1CC(C)(C)OB(C=O)O1. The molecule has 4 heteroatoms. The van der Waals surface area contributed by atoms with Crippen molar-refractivity contribution in [3.63, 3.8) is 0 Å². The molecule has 0 aliphatic carbocycles. The number of carbonyl (C=O) groups is 1. The molecule has 1 saturated heterocycles. The Balaban J connectivity index is 2.57. The third-order valence-electron chi connectivity index (χ3n) is 1.69. The van der Waals surface area contributed by atoms with E-state index in [9.17, 15) is 4.79 Å². The van der Waals surface area contributed by atoms with E-state index in [1.807, 2.05) is 20.8 Å². The highest BCUT2D eigenvalue weighted by molar-refractivity contribution is 6.74. The minimum absolute atomic E-state index is 0.106. The molecular weight excluding hydrogens is 143 g/mol. The fourth-order valence-electron chi connectivity index (χ4n) is 1.42. The van der Waals surface area contributed by atoms with E-state index in [4.69, 9.17) is 9.31 Å². The molecule has 1 unspecified atom stereocenters. The summed E-state index contributed by atoms with van der Waals surface area (Å²) >= 11 is 0. The summed E-state index contributed by atoms with van der Waals surface area (Å²) < 4.78 is 10.5. The summed E-state index contributed by atoms with van der Waals surface area (Å²) in [5.41, 5.74) is -0.233. The summed E-state index contributed by atoms with van der Waals surface area (Å²) in [6.07, 6.45) is 1.63. The van der Waals surface area contributed by atoms with E-state index < -0.39 is 7.12 Å². The Hall–Kier alpha value is -0.345. The molecule has 0 radical (unpaired) electrons. The fraction of sp³-hybridized carbons (Fsp3) is 0.857. The second-order valence-electron chi connectivity index (χ2n) is 3.53. The van der Waals surface area contributed by atoms with Crippen molar-refractivity contribution < 1.29 is 14.1 Å². The number of hydrogen-bond donors (Lipinski definition) is 0. The minimum atomic E-state index is -0.672. The maximum absolute atomic E-state index is 10.3. The molecule has 1 aliphatic heterocycles. The zero-order valence-electron chi connectivity index (χ0n) is 7.16. The number of hydrogen-bond acceptors (Lipinski definition) is 3. The second kappa shape index (κ2) is 2.95. The van der Waals surface area contributed by atoms with Crippen LogP contribution in [0.3, 0.4) is 0 Å². The molecule has 0 aromatic rings. The van der Waals surface area contributed by atoms with Crippen LogP contribution in [0.2, 0.25) is 0 Å². The van der Waals surface area contributed by atoms with E-state index in [-0.39, 0.29) is 11.7 Å². The maximum atomic E-state index is 10.3. The number of carbonyl (C=O) groups excluding carboxylic acids is 1. The van der Waals surface area contributed by atoms with E-state index in [0.29, 0.717) is 6.19 Å². The van der Waals surface area contributed by atoms with Crippen molar-refractivity contribution in [1.29, 1.82) is 0 Å². The highest BCUT2D eigenvalue weighted by Crippen LogP contribution is 2.24. The van der Waals surface area contributed by atoms with Gasteiger partial charge in [0.1, 0.15) is 0 Å². The fourth-order valence-corrected chi connectivity index (χ4v) is 1.42. The van der Waals surface area contributed by atoms with Gasteiger partial charge in [0, 0.05) is 6.10 Å². The molecule has 1 fully saturated rings. The Morgan fingerprint density at radius 3 is 2.73 bits per heavy atom. The van der Waals surface area contributed by atoms with E-state index in [1.54, 1.807) is 0 Å². The molecule has 1 atom stereocenters. The predicted molar refractivity (Wildman–Crippen MR) is 42.8 cm³/mol. The molecule has 1 rings (SSSR count). The van der Waals surface area contributed by atoms with E-state index in [0.717, 1.165) is 6.42 Å². The van der Waals surface area contributed by atoms with Crippen molar-refractivity contribution in [1.82, 2.24) is 0 Å². The molecular formula is C7H13BO3. The van der Waals surface area contributed by atoms with Crippen LogP contribution < -0.4 is 0 Å². The minimum Gasteiger partial charge on any atom is -0.403 e. The van der Waals surface area contributed by atoms with Crippen LogP contribution in [0.25, 0.3) is 0 Å². The van der Waals surface area contributed by atoms with E-state index >= 15 is 0 Å². The van der Waals surface area contributed by atoms with Gasteiger partial charge >= 0.3 is 7.12 Å². The Bertz CT molecular complexity index is 158. The van der Waals surface area contributed by atoms with Crippen molar-refractivity contribution >= 4 is 13.3 Å². The van der Waals surface area contributed by atoms with E-state index in [1.165, 1.54) is 0 Å². The summed E-state index contributed by atoms with van der Waals surface area (Å²) in [5.74, 6) is 0. The third-order valence-corrected chi connectivity index (χ3v) is 1.69. The van der Waals surface area contributed by atoms with Crippen LogP contribution in [0.4, 0.5) is 0 Å². The summed E-state index contributed by atoms with van der Waals surface area (Å²) in [6.45, 7) is 5.87. The monoisotopic (exact) mass is 156 g/mol. The largest absolute Gasteiger partial charge is 0.529 e. The topological polar surface area (TPSA) is 35.5 Å². The lowest BCUT2D eigenvalue weighted by atomic mass is 9.85. The molecule has 0 aromatic carbocycles. The molecule has 0 bridgehead atoms. The van der Waals surface area contributed by atoms with Gasteiger partial charge in [-0.1, -0.05) is 0 Å². The van der Waals surface area contributed by atoms with Gasteiger partial charge < -0.3 is 14.1 Å². The van der Waals surface area contributed by atoms with Gasteiger partial charge in [-0.3, -0.25) is 0 Å². The smallest absolute Gasteiger partial charge is 0.403 e. The van der Waals surface area contributed by atoms with Crippen molar-refractivity contribution in [2.75, 3.05) is 0 Å². The van der Waals surface area contributed by atoms with Gasteiger partial charge in [0.05, 0.1) is 5.60 Å². The van der Waals surface area contributed by atoms with Crippen LogP contribution in [0.15, 0.2) is 0 Å². The summed E-state index contributed by atoms with van der Waals surface area (Å²) in [6, 6.07) is 0. The lowest BCUT2D eigenvalue weighted by molar-refractivity contribution is -0.0215.